The number of amides is 2. The summed E-state index contributed by atoms with van der Waals surface area (Å²) in [6.45, 7) is 3.71. The zero-order valence-corrected chi connectivity index (χ0v) is 33.4. The number of hydrogen-bond donors (Lipinski definition) is 2. The van der Waals surface area contributed by atoms with Crippen LogP contribution in [0.2, 0.25) is 0 Å². The second-order valence-electron chi connectivity index (χ2n) is 14.3. The predicted octanol–water partition coefficient (Wildman–Crippen LogP) is 5.60. The van der Waals surface area contributed by atoms with Crippen molar-refractivity contribution in [1.29, 1.82) is 10.5 Å². The van der Waals surface area contributed by atoms with Crippen molar-refractivity contribution in [2.24, 2.45) is 14.1 Å². The number of aryl methyl sites for hydroxylation is 2. The van der Waals surface area contributed by atoms with Crippen LogP contribution in [0.5, 0.6) is 11.5 Å². The second kappa shape index (κ2) is 15.8. The molecule has 0 saturated heterocycles. The number of carbonyl (C=O) groups is 2. The zero-order valence-electron chi connectivity index (χ0n) is 33.4. The topological polar surface area (TPSA) is 220 Å². The van der Waals surface area contributed by atoms with Crippen LogP contribution in [-0.4, -0.2) is 65.2 Å². The monoisotopic (exact) mass is 812 g/mol. The highest BCUT2D eigenvalue weighted by atomic mass is 19.1. The van der Waals surface area contributed by atoms with Gasteiger partial charge in [0.05, 0.1) is 24.5 Å². The molecule has 0 radical (unpaired) electrons. The molecule has 6 heterocycles. The number of nitrogen functional groups attached to an aromatic ring is 2. The van der Waals surface area contributed by atoms with E-state index in [2.05, 4.69) is 32.3 Å². The Hall–Kier alpha value is -7.86. The normalized spacial score (nSPS) is 15.9. The van der Waals surface area contributed by atoms with E-state index >= 15 is 0 Å². The number of anilines is 2. The van der Waals surface area contributed by atoms with Crippen molar-refractivity contribution in [3.05, 3.63) is 118 Å². The third kappa shape index (κ3) is 7.37. The van der Waals surface area contributed by atoms with E-state index in [9.17, 15) is 28.9 Å². The summed E-state index contributed by atoms with van der Waals surface area (Å²) >= 11 is 0. The second-order valence-corrected chi connectivity index (χ2v) is 14.3. The Kier molecular flexibility index (Phi) is 10.6. The van der Waals surface area contributed by atoms with E-state index in [1.165, 1.54) is 68.0 Å². The van der Waals surface area contributed by atoms with E-state index in [4.69, 9.17) is 20.9 Å². The van der Waals surface area contributed by atoms with Crippen LogP contribution in [0.25, 0.3) is 22.3 Å². The summed E-state index contributed by atoms with van der Waals surface area (Å²) in [7, 11) is 6.58. The maximum atomic E-state index is 14.0. The summed E-state index contributed by atoms with van der Waals surface area (Å²) in [6, 6.07) is 15.6. The number of halogens is 2. The molecule has 2 aromatic carbocycles. The van der Waals surface area contributed by atoms with Gasteiger partial charge in [-0.2, -0.15) is 20.7 Å². The van der Waals surface area contributed by atoms with Crippen molar-refractivity contribution in [3.8, 4) is 45.9 Å². The molecule has 0 unspecified atom stereocenters. The summed E-state index contributed by atoms with van der Waals surface area (Å²) < 4.78 is 42.8. The van der Waals surface area contributed by atoms with Gasteiger partial charge in [-0.3, -0.25) is 19.0 Å². The van der Waals surface area contributed by atoms with E-state index < -0.39 is 23.8 Å². The van der Waals surface area contributed by atoms with Crippen LogP contribution >= 0.6 is 0 Å². The van der Waals surface area contributed by atoms with Crippen LogP contribution in [0.3, 0.4) is 0 Å². The van der Waals surface area contributed by atoms with Gasteiger partial charge in [-0.05, 0) is 62.4 Å². The fourth-order valence-corrected chi connectivity index (χ4v) is 7.26. The predicted molar refractivity (Wildman–Crippen MR) is 214 cm³/mol. The number of pyridine rings is 2. The van der Waals surface area contributed by atoms with E-state index in [1.807, 2.05) is 0 Å². The lowest BCUT2D eigenvalue weighted by Gasteiger charge is -2.23. The first-order valence-electron chi connectivity index (χ1n) is 18.5. The summed E-state index contributed by atoms with van der Waals surface area (Å²) in [5, 5.41) is 28.2. The molecule has 0 fully saturated rings. The molecule has 4 N–H and O–H groups in total. The van der Waals surface area contributed by atoms with Crippen molar-refractivity contribution in [1.82, 2.24) is 39.3 Å². The third-order valence-corrected chi connectivity index (χ3v) is 10.2. The molecule has 304 valence electrons. The van der Waals surface area contributed by atoms with Gasteiger partial charge in [0.2, 0.25) is 0 Å². The Balaban J connectivity index is 0.000000181. The maximum Gasteiger partial charge on any atom is 0.254 e. The molecule has 6 aromatic rings. The van der Waals surface area contributed by atoms with E-state index in [1.54, 1.807) is 54.2 Å². The molecule has 4 aromatic heterocycles. The molecular formula is C42H38F2N12O4. The molecule has 18 heteroatoms. The fourth-order valence-electron chi connectivity index (χ4n) is 7.26. The summed E-state index contributed by atoms with van der Waals surface area (Å²) in [6.07, 6.45) is 1.73. The van der Waals surface area contributed by atoms with Crippen molar-refractivity contribution in [2.45, 2.75) is 39.1 Å². The SMILES string of the molecule is C[C@H]1Oc2cc(cnc2N)-c2c(nn(C)c2C#N)CN(C)C(=O)c2ccc(F)cc21.C[C@H]1Oc2cc(cnc2N)-c2c(nn(C)c2C#N)CN(C)C(=O)c2ccc(F)cc21. The molecule has 0 saturated carbocycles. The van der Waals surface area contributed by atoms with Gasteiger partial charge in [0.25, 0.3) is 11.8 Å². The molecule has 16 nitrogen and oxygen atoms in total. The minimum atomic E-state index is -0.671. The zero-order chi connectivity index (χ0) is 43.2. The van der Waals surface area contributed by atoms with Crippen LogP contribution in [-0.2, 0) is 27.2 Å². The minimum Gasteiger partial charge on any atom is -0.482 e. The quantitative estimate of drug-likeness (QED) is 0.191. The van der Waals surface area contributed by atoms with E-state index in [0.717, 1.165) is 0 Å². The minimum absolute atomic E-state index is 0.146. The smallest absolute Gasteiger partial charge is 0.254 e. The average molecular weight is 813 g/mol. The number of hydrogen-bond acceptors (Lipinski definition) is 12. The van der Waals surface area contributed by atoms with Crippen molar-refractivity contribution < 1.29 is 27.8 Å². The number of benzene rings is 2. The maximum absolute atomic E-state index is 14.0. The Morgan fingerprint density at radius 1 is 0.667 bits per heavy atom. The molecule has 2 aliphatic heterocycles. The highest BCUT2D eigenvalue weighted by Gasteiger charge is 2.29. The van der Waals surface area contributed by atoms with Gasteiger partial charge in [-0.1, -0.05) is 0 Å². The van der Waals surface area contributed by atoms with Crippen LogP contribution < -0.4 is 20.9 Å². The molecule has 4 bridgehead atoms. The molecule has 0 aliphatic carbocycles. The molecule has 0 spiro atoms. The first-order valence-corrected chi connectivity index (χ1v) is 18.5. The van der Waals surface area contributed by atoms with Crippen LogP contribution in [0.1, 0.15) is 80.7 Å². The number of ether oxygens (including phenoxy) is 2. The number of aromatic nitrogens is 6. The number of nitrogens with zero attached hydrogens (tertiary/aromatic N) is 10. The van der Waals surface area contributed by atoms with Gasteiger partial charge in [0.15, 0.2) is 23.1 Å². The fraction of sp³-hybridized carbons (Fsp3) is 0.238. The Morgan fingerprint density at radius 2 is 1.05 bits per heavy atom. The highest BCUT2D eigenvalue weighted by Crippen LogP contribution is 2.38. The lowest BCUT2D eigenvalue weighted by Crippen LogP contribution is -2.28. The van der Waals surface area contributed by atoms with Crippen molar-refractivity contribution in [3.63, 3.8) is 0 Å². The van der Waals surface area contributed by atoms with E-state index in [0.29, 0.717) is 67.3 Å². The summed E-state index contributed by atoms with van der Waals surface area (Å²) in [5.74, 6) is -0.738. The molecule has 2 aliphatic rings. The molecule has 2 amide bonds. The molecular weight excluding hydrogens is 775 g/mol. The van der Waals surface area contributed by atoms with Crippen LogP contribution in [0.15, 0.2) is 60.9 Å². The number of rotatable bonds is 0. The summed E-state index contributed by atoms with van der Waals surface area (Å²) in [5.41, 5.74) is 17.4. The Morgan fingerprint density at radius 3 is 1.42 bits per heavy atom. The standard InChI is InChI=1S/2C21H19FN6O2/c2*1-11-15-7-13(22)4-5-14(15)21(29)27(2)10-16-19(17(8-23)28(3)26-16)12-6-18(30-11)20(24)25-9-12/h2*4-7,9,11H,10H2,1-3H3,(H2,24,25)/t2*11-/m11/s1. The van der Waals surface area contributed by atoms with E-state index in [-0.39, 0.29) is 48.0 Å². The number of carbonyl (C=O) groups excluding carboxylic acids is 2. The lowest BCUT2D eigenvalue weighted by atomic mass is 10.00. The first kappa shape index (κ1) is 40.3. The van der Waals surface area contributed by atoms with Gasteiger partial charge < -0.3 is 30.7 Å². The van der Waals surface area contributed by atoms with Gasteiger partial charge in [0.1, 0.15) is 47.4 Å². The highest BCUT2D eigenvalue weighted by molar-refractivity contribution is 5.96. The largest absolute Gasteiger partial charge is 0.482 e. The number of nitrogens with two attached hydrogens (primary N) is 2. The Bertz CT molecular complexity index is 2620. The van der Waals surface area contributed by atoms with Gasteiger partial charge >= 0.3 is 0 Å². The third-order valence-electron chi connectivity index (χ3n) is 10.2. The first-order chi connectivity index (χ1) is 28.6. The van der Waals surface area contributed by atoms with Crippen LogP contribution in [0, 0.1) is 34.3 Å². The average Bonchev–Trinajstić information content (AvgIpc) is 3.71. The van der Waals surface area contributed by atoms with Crippen LogP contribution in [0.4, 0.5) is 20.4 Å². The Labute approximate surface area is 342 Å². The number of fused-ring (bicyclic) bond motifs is 10. The molecule has 8 rings (SSSR count). The molecule has 60 heavy (non-hydrogen) atoms. The van der Waals surface area contributed by atoms with Gasteiger partial charge in [0, 0.05) is 85.1 Å². The molecule has 2 atom stereocenters. The summed E-state index contributed by atoms with van der Waals surface area (Å²) in [4.78, 5) is 37.7. The number of nitriles is 2. The lowest BCUT2D eigenvalue weighted by molar-refractivity contribution is 0.0771. The van der Waals surface area contributed by atoms with Gasteiger partial charge in [-0.15, -0.1) is 0 Å². The van der Waals surface area contributed by atoms with Crippen molar-refractivity contribution >= 4 is 23.5 Å². The van der Waals surface area contributed by atoms with Gasteiger partial charge in [-0.25, -0.2) is 18.7 Å². The van der Waals surface area contributed by atoms with Crippen molar-refractivity contribution in [2.75, 3.05) is 25.6 Å².